The molecule has 1 aliphatic rings. The second-order valence-electron chi connectivity index (χ2n) is 7.68. The average Bonchev–Trinajstić information content (AvgIpc) is 3.12. The minimum atomic E-state index is -3.23. The van der Waals surface area contributed by atoms with Crippen molar-refractivity contribution in [3.8, 4) is 5.75 Å². The lowest BCUT2D eigenvalue weighted by Gasteiger charge is -2.28. The third kappa shape index (κ3) is 4.81. The lowest BCUT2D eigenvalue weighted by Crippen LogP contribution is -2.40. The van der Waals surface area contributed by atoms with E-state index in [1.54, 1.807) is 18.2 Å². The van der Waals surface area contributed by atoms with Gasteiger partial charge in [-0.3, -0.25) is 9.59 Å². The number of carbonyl (C=O) groups is 1. The predicted molar refractivity (Wildman–Crippen MR) is 122 cm³/mol. The molecule has 2 aromatic carbocycles. The van der Waals surface area contributed by atoms with Gasteiger partial charge in [-0.2, -0.15) is 0 Å². The quantitative estimate of drug-likeness (QED) is 0.540. The van der Waals surface area contributed by atoms with Gasteiger partial charge in [0, 0.05) is 23.7 Å². The highest BCUT2D eigenvalue weighted by Gasteiger charge is 2.36. The molecular formula is C23H22ClNO6S. The first-order chi connectivity index (χ1) is 15.3. The van der Waals surface area contributed by atoms with Gasteiger partial charge in [-0.15, -0.1) is 0 Å². The Bertz CT molecular complexity index is 1320. The van der Waals surface area contributed by atoms with Crippen molar-refractivity contribution >= 4 is 38.3 Å². The standard InChI is InChI=1S/C23H22ClNO6S/c1-2-30-18-6-3-15(4-7-18)13-25(17-9-10-32(28,29)14-17)23(27)22-12-20(26)19-11-16(24)5-8-21(19)31-22/h3-8,11-12,17H,2,9-10,13-14H2,1H3/t17-/m0/s1. The number of nitrogens with zero attached hydrogens (tertiary/aromatic N) is 1. The zero-order valence-electron chi connectivity index (χ0n) is 17.4. The maximum Gasteiger partial charge on any atom is 0.290 e. The number of carbonyl (C=O) groups excluding carboxylic acids is 1. The Morgan fingerprint density at radius 2 is 1.94 bits per heavy atom. The predicted octanol–water partition coefficient (Wildman–Crippen LogP) is 3.67. The van der Waals surface area contributed by atoms with Crippen LogP contribution in [0.25, 0.3) is 11.0 Å². The van der Waals surface area contributed by atoms with Crippen molar-refractivity contribution in [3.63, 3.8) is 0 Å². The number of amides is 1. The van der Waals surface area contributed by atoms with Gasteiger partial charge in [0.25, 0.3) is 5.91 Å². The summed E-state index contributed by atoms with van der Waals surface area (Å²) >= 11 is 5.96. The summed E-state index contributed by atoms with van der Waals surface area (Å²) in [7, 11) is -3.23. The van der Waals surface area contributed by atoms with Gasteiger partial charge in [0.1, 0.15) is 11.3 Å². The van der Waals surface area contributed by atoms with Crippen LogP contribution in [0.2, 0.25) is 5.02 Å². The smallest absolute Gasteiger partial charge is 0.290 e. The summed E-state index contributed by atoms with van der Waals surface area (Å²) in [4.78, 5) is 27.5. The molecule has 0 aliphatic carbocycles. The molecule has 1 aliphatic heterocycles. The highest BCUT2D eigenvalue weighted by atomic mass is 35.5. The molecule has 1 saturated heterocycles. The maximum atomic E-state index is 13.4. The highest BCUT2D eigenvalue weighted by Crippen LogP contribution is 2.25. The number of hydrogen-bond donors (Lipinski definition) is 0. The van der Waals surface area contributed by atoms with Crippen molar-refractivity contribution in [2.24, 2.45) is 0 Å². The fourth-order valence-corrected chi connectivity index (χ4v) is 5.72. The van der Waals surface area contributed by atoms with Crippen molar-refractivity contribution in [3.05, 3.63) is 75.1 Å². The topological polar surface area (TPSA) is 93.9 Å². The number of ether oxygens (including phenoxy) is 1. The fraction of sp³-hybridized carbons (Fsp3) is 0.304. The van der Waals surface area contributed by atoms with Crippen LogP contribution >= 0.6 is 11.6 Å². The zero-order chi connectivity index (χ0) is 22.9. The zero-order valence-corrected chi connectivity index (χ0v) is 19.0. The van der Waals surface area contributed by atoms with E-state index in [0.717, 1.165) is 11.6 Å². The Morgan fingerprint density at radius 3 is 2.59 bits per heavy atom. The van der Waals surface area contributed by atoms with Crippen LogP contribution in [0.5, 0.6) is 5.75 Å². The van der Waals surface area contributed by atoms with Crippen molar-refractivity contribution < 1.29 is 22.4 Å². The molecule has 168 valence electrons. The number of hydrogen-bond acceptors (Lipinski definition) is 6. The number of halogens is 1. The molecule has 1 amide bonds. The normalized spacial score (nSPS) is 17.4. The van der Waals surface area contributed by atoms with Crippen LogP contribution in [-0.2, 0) is 16.4 Å². The van der Waals surface area contributed by atoms with E-state index in [1.165, 1.54) is 17.0 Å². The maximum absolute atomic E-state index is 13.4. The fourth-order valence-electron chi connectivity index (χ4n) is 3.82. The molecule has 32 heavy (non-hydrogen) atoms. The van der Waals surface area contributed by atoms with Gasteiger partial charge >= 0.3 is 0 Å². The summed E-state index contributed by atoms with van der Waals surface area (Å²) < 4.78 is 35.4. The average molecular weight is 476 g/mol. The molecule has 0 N–H and O–H groups in total. The molecular weight excluding hydrogens is 454 g/mol. The van der Waals surface area contributed by atoms with Crippen LogP contribution in [-0.4, -0.2) is 43.4 Å². The van der Waals surface area contributed by atoms with Crippen molar-refractivity contribution in [1.82, 2.24) is 4.90 Å². The van der Waals surface area contributed by atoms with E-state index >= 15 is 0 Å². The molecule has 0 radical (unpaired) electrons. The lowest BCUT2D eigenvalue weighted by atomic mass is 10.1. The van der Waals surface area contributed by atoms with Crippen molar-refractivity contribution in [2.75, 3.05) is 18.1 Å². The SMILES string of the molecule is CCOc1ccc(CN(C(=O)c2cc(=O)c3cc(Cl)ccc3o2)[C@H]2CCS(=O)(=O)C2)cc1. The third-order valence-corrected chi connectivity index (χ3v) is 7.38. The summed E-state index contributed by atoms with van der Waals surface area (Å²) in [5.74, 6) is -0.0691. The Hall–Kier alpha value is -2.84. The van der Waals surface area contributed by atoms with Gasteiger partial charge in [0.2, 0.25) is 0 Å². The second-order valence-corrected chi connectivity index (χ2v) is 10.3. The van der Waals surface area contributed by atoms with E-state index in [9.17, 15) is 18.0 Å². The van der Waals surface area contributed by atoms with Gasteiger partial charge in [-0.1, -0.05) is 23.7 Å². The summed E-state index contributed by atoms with van der Waals surface area (Å²) in [5.41, 5.74) is 0.656. The second kappa shape index (κ2) is 8.96. The molecule has 0 unspecified atom stereocenters. The van der Waals surface area contributed by atoms with E-state index in [1.807, 2.05) is 19.1 Å². The Kier molecular flexibility index (Phi) is 6.26. The molecule has 0 saturated carbocycles. The van der Waals surface area contributed by atoms with Gasteiger partial charge in [-0.25, -0.2) is 8.42 Å². The third-order valence-electron chi connectivity index (χ3n) is 5.40. The van der Waals surface area contributed by atoms with Crippen LogP contribution in [0, 0.1) is 0 Å². The molecule has 1 aromatic heterocycles. The molecule has 1 fully saturated rings. The molecule has 0 spiro atoms. The van der Waals surface area contributed by atoms with Crippen LogP contribution in [0.4, 0.5) is 0 Å². The monoisotopic (exact) mass is 475 g/mol. The van der Waals surface area contributed by atoms with E-state index < -0.39 is 27.2 Å². The number of sulfone groups is 1. The van der Waals surface area contributed by atoms with Crippen LogP contribution in [0.3, 0.4) is 0 Å². The Labute approximate surface area is 190 Å². The summed E-state index contributed by atoms with van der Waals surface area (Å²) in [6, 6.07) is 12.5. The highest BCUT2D eigenvalue weighted by molar-refractivity contribution is 7.91. The largest absolute Gasteiger partial charge is 0.494 e. The molecule has 3 aromatic rings. The minimum absolute atomic E-state index is 0.0187. The summed E-state index contributed by atoms with van der Waals surface area (Å²) in [6.07, 6.45) is 0.332. The Balaban J connectivity index is 1.69. The molecule has 9 heteroatoms. The summed E-state index contributed by atoms with van der Waals surface area (Å²) in [6.45, 7) is 2.60. The van der Waals surface area contributed by atoms with Crippen molar-refractivity contribution in [2.45, 2.75) is 25.9 Å². The number of fused-ring (bicyclic) bond motifs is 1. The van der Waals surface area contributed by atoms with Crippen LogP contribution in [0.15, 0.2) is 57.7 Å². The van der Waals surface area contributed by atoms with E-state index in [-0.39, 0.29) is 34.8 Å². The van der Waals surface area contributed by atoms with Gasteiger partial charge in [0.15, 0.2) is 21.0 Å². The number of rotatable bonds is 6. The van der Waals surface area contributed by atoms with Gasteiger partial charge in [0.05, 0.1) is 23.5 Å². The first-order valence-corrected chi connectivity index (χ1v) is 12.4. The van der Waals surface area contributed by atoms with Gasteiger partial charge in [-0.05, 0) is 49.2 Å². The first kappa shape index (κ1) is 22.4. The summed E-state index contributed by atoms with van der Waals surface area (Å²) in [5, 5.41) is 0.660. The van der Waals surface area contributed by atoms with Gasteiger partial charge < -0.3 is 14.1 Å². The Morgan fingerprint density at radius 1 is 1.19 bits per heavy atom. The first-order valence-electron chi connectivity index (χ1n) is 10.2. The molecule has 2 heterocycles. The van der Waals surface area contributed by atoms with Crippen LogP contribution in [0.1, 0.15) is 29.5 Å². The van der Waals surface area contributed by atoms with E-state index in [0.29, 0.717) is 23.8 Å². The molecule has 1 atom stereocenters. The molecule has 7 nitrogen and oxygen atoms in total. The number of benzene rings is 2. The van der Waals surface area contributed by atoms with E-state index in [2.05, 4.69) is 0 Å². The van der Waals surface area contributed by atoms with E-state index in [4.69, 9.17) is 20.8 Å². The lowest BCUT2D eigenvalue weighted by molar-refractivity contribution is 0.0648. The minimum Gasteiger partial charge on any atom is -0.494 e. The van der Waals surface area contributed by atoms with Crippen LogP contribution < -0.4 is 10.2 Å². The molecule has 4 rings (SSSR count). The molecule has 0 bridgehead atoms. The van der Waals surface area contributed by atoms with Crippen molar-refractivity contribution in [1.29, 1.82) is 0 Å².